The molecule has 0 bridgehead atoms. The summed E-state index contributed by atoms with van der Waals surface area (Å²) in [5.41, 5.74) is 3.22. The highest BCUT2D eigenvalue weighted by molar-refractivity contribution is 7.21. The molecule has 0 aliphatic rings. The zero-order valence-electron chi connectivity index (χ0n) is 14.3. The average molecular weight is 354 g/mol. The molecule has 0 unspecified atom stereocenters. The number of hydrogen-bond acceptors (Lipinski definition) is 5. The number of thiophene rings is 1. The lowest BCUT2D eigenvalue weighted by molar-refractivity contribution is 0.102. The quantitative estimate of drug-likeness (QED) is 0.679. The summed E-state index contributed by atoms with van der Waals surface area (Å²) in [6.45, 7) is 5.49. The van der Waals surface area contributed by atoms with Crippen LogP contribution in [0.1, 0.15) is 33.4 Å². The second kappa shape index (κ2) is 7.03. The van der Waals surface area contributed by atoms with Crippen LogP contribution in [0.2, 0.25) is 0 Å². The number of rotatable bonds is 4. The lowest BCUT2D eigenvalue weighted by atomic mass is 10.1. The Kier molecular flexibility index (Phi) is 4.81. The number of nitrogens with zero attached hydrogens (tertiary/aromatic N) is 1. The number of aromatic nitrogens is 1. The van der Waals surface area contributed by atoms with Gasteiger partial charge in [0.1, 0.15) is 11.4 Å². The molecule has 0 spiro atoms. The zero-order chi connectivity index (χ0) is 18.0. The molecule has 6 heteroatoms. The molecule has 128 valence electrons. The summed E-state index contributed by atoms with van der Waals surface area (Å²) in [7, 11) is 0. The van der Waals surface area contributed by atoms with Gasteiger partial charge in [-0.25, -0.2) is 9.78 Å². The van der Waals surface area contributed by atoms with E-state index in [2.05, 4.69) is 10.3 Å². The first-order valence-electron chi connectivity index (χ1n) is 7.85. The van der Waals surface area contributed by atoms with E-state index in [4.69, 9.17) is 4.74 Å². The van der Waals surface area contributed by atoms with Crippen LogP contribution in [-0.4, -0.2) is 16.9 Å². The van der Waals surface area contributed by atoms with E-state index < -0.39 is 6.09 Å². The third kappa shape index (κ3) is 3.69. The Morgan fingerprint density at radius 1 is 1.20 bits per heavy atom. The van der Waals surface area contributed by atoms with E-state index in [0.29, 0.717) is 10.6 Å². The predicted octanol–water partition coefficient (Wildman–Crippen LogP) is 4.86. The highest BCUT2D eigenvalue weighted by atomic mass is 32.1. The number of ether oxygens (including phenoxy) is 1. The molecule has 3 rings (SSSR count). The number of ketones is 1. The van der Waals surface area contributed by atoms with Gasteiger partial charge in [-0.05, 0) is 31.0 Å². The number of fused-ring (bicyclic) bond motifs is 1. The fourth-order valence-electron chi connectivity index (χ4n) is 2.67. The number of hydrogen-bond donors (Lipinski definition) is 1. The van der Waals surface area contributed by atoms with Crippen molar-refractivity contribution in [3.05, 3.63) is 58.1 Å². The van der Waals surface area contributed by atoms with Crippen molar-refractivity contribution in [3.8, 4) is 0 Å². The average Bonchev–Trinajstić information content (AvgIpc) is 2.92. The molecular weight excluding hydrogens is 336 g/mol. The molecule has 0 aliphatic heterocycles. The Bertz CT molecular complexity index is 948. The minimum Gasteiger partial charge on any atom is -0.444 e. The summed E-state index contributed by atoms with van der Waals surface area (Å²) in [4.78, 5) is 29.9. The number of carbonyl (C=O) groups excluding carboxylic acids is 2. The molecule has 0 saturated heterocycles. The fourth-order valence-corrected chi connectivity index (χ4v) is 3.82. The van der Waals surface area contributed by atoms with Crippen LogP contribution in [0.5, 0.6) is 0 Å². The summed E-state index contributed by atoms with van der Waals surface area (Å²) in [5.74, 6) is -0.113. The maximum atomic E-state index is 12.2. The van der Waals surface area contributed by atoms with Crippen molar-refractivity contribution in [2.75, 3.05) is 5.32 Å². The van der Waals surface area contributed by atoms with Crippen molar-refractivity contribution in [3.63, 3.8) is 0 Å². The molecule has 0 fully saturated rings. The first-order chi connectivity index (χ1) is 12.0. The van der Waals surface area contributed by atoms with Gasteiger partial charge in [-0.2, -0.15) is 0 Å². The van der Waals surface area contributed by atoms with Crippen LogP contribution in [0, 0.1) is 13.8 Å². The van der Waals surface area contributed by atoms with Gasteiger partial charge in [0.15, 0.2) is 5.78 Å². The van der Waals surface area contributed by atoms with Crippen molar-refractivity contribution in [1.82, 2.24) is 4.98 Å². The van der Waals surface area contributed by atoms with Crippen LogP contribution in [0.3, 0.4) is 0 Å². The van der Waals surface area contributed by atoms with Gasteiger partial charge >= 0.3 is 6.09 Å². The second-order valence-electron chi connectivity index (χ2n) is 5.81. The Labute approximate surface area is 149 Å². The molecule has 25 heavy (non-hydrogen) atoms. The van der Waals surface area contributed by atoms with Crippen LogP contribution in [0.25, 0.3) is 10.2 Å². The number of pyridine rings is 1. The molecule has 0 saturated carbocycles. The SMILES string of the molecule is CC(=O)c1sc2nc(C)cc(C)c2c1NC(=O)OCc1ccccc1. The summed E-state index contributed by atoms with van der Waals surface area (Å²) < 4.78 is 5.27. The molecule has 2 aromatic heterocycles. The van der Waals surface area contributed by atoms with E-state index >= 15 is 0 Å². The van der Waals surface area contributed by atoms with Crippen LogP contribution in [0.4, 0.5) is 10.5 Å². The molecule has 3 aromatic rings. The Balaban J connectivity index is 1.88. The fraction of sp³-hybridized carbons (Fsp3) is 0.211. The van der Waals surface area contributed by atoms with Crippen LogP contribution in [0.15, 0.2) is 36.4 Å². The second-order valence-corrected chi connectivity index (χ2v) is 6.81. The van der Waals surface area contributed by atoms with Gasteiger partial charge in [0.05, 0.1) is 10.6 Å². The van der Waals surface area contributed by atoms with Crippen molar-refractivity contribution >= 4 is 39.1 Å². The first-order valence-corrected chi connectivity index (χ1v) is 8.66. The van der Waals surface area contributed by atoms with E-state index in [1.54, 1.807) is 0 Å². The lowest BCUT2D eigenvalue weighted by Crippen LogP contribution is -2.15. The number of carbonyl (C=O) groups is 2. The van der Waals surface area contributed by atoms with Crippen molar-refractivity contribution in [2.24, 2.45) is 0 Å². The number of anilines is 1. The third-order valence-corrected chi connectivity index (χ3v) is 4.93. The minimum atomic E-state index is -0.592. The van der Waals surface area contributed by atoms with Crippen molar-refractivity contribution in [2.45, 2.75) is 27.4 Å². The summed E-state index contributed by atoms with van der Waals surface area (Å²) in [6.07, 6.45) is -0.592. The standard InChI is InChI=1S/C19H18N2O3S/c1-11-9-12(2)20-18-15(11)16(17(25-18)13(3)22)21-19(23)24-10-14-7-5-4-6-8-14/h4-9H,10H2,1-3H3,(H,21,23). The van der Waals surface area contributed by atoms with E-state index in [1.165, 1.54) is 18.3 Å². The van der Waals surface area contributed by atoms with Crippen LogP contribution < -0.4 is 5.32 Å². The normalized spacial score (nSPS) is 10.7. The summed E-state index contributed by atoms with van der Waals surface area (Å²) in [5, 5.41) is 3.52. The molecule has 0 atom stereocenters. The Morgan fingerprint density at radius 2 is 1.92 bits per heavy atom. The Hall–Kier alpha value is -2.73. The number of Topliss-reactive ketones (excluding diaryl/α,β-unsaturated/α-hetero) is 1. The smallest absolute Gasteiger partial charge is 0.412 e. The summed E-state index contributed by atoms with van der Waals surface area (Å²) >= 11 is 1.29. The number of amides is 1. The molecule has 0 radical (unpaired) electrons. The van der Waals surface area contributed by atoms with Gasteiger partial charge in [0, 0.05) is 18.0 Å². The van der Waals surface area contributed by atoms with E-state index in [-0.39, 0.29) is 12.4 Å². The topological polar surface area (TPSA) is 68.3 Å². The Morgan fingerprint density at radius 3 is 2.60 bits per heavy atom. The third-order valence-electron chi connectivity index (χ3n) is 3.75. The molecule has 1 N–H and O–H groups in total. The van der Waals surface area contributed by atoms with Crippen LogP contribution >= 0.6 is 11.3 Å². The van der Waals surface area contributed by atoms with Crippen molar-refractivity contribution < 1.29 is 14.3 Å². The molecule has 5 nitrogen and oxygen atoms in total. The number of benzene rings is 1. The van der Waals surface area contributed by atoms with Gasteiger partial charge in [0.2, 0.25) is 0 Å². The largest absolute Gasteiger partial charge is 0.444 e. The van der Waals surface area contributed by atoms with Crippen molar-refractivity contribution in [1.29, 1.82) is 0 Å². The first kappa shape index (κ1) is 17.1. The molecule has 1 aromatic carbocycles. The maximum absolute atomic E-state index is 12.2. The molecule has 1 amide bonds. The molecular formula is C19H18N2O3S. The summed E-state index contributed by atoms with van der Waals surface area (Å²) in [6, 6.07) is 11.4. The highest BCUT2D eigenvalue weighted by Crippen LogP contribution is 2.37. The molecule has 0 aliphatic carbocycles. The van der Waals surface area contributed by atoms with E-state index in [1.807, 2.05) is 50.2 Å². The van der Waals surface area contributed by atoms with E-state index in [9.17, 15) is 9.59 Å². The minimum absolute atomic E-state index is 0.113. The predicted molar refractivity (Wildman–Crippen MR) is 99.3 cm³/mol. The lowest BCUT2D eigenvalue weighted by Gasteiger charge is -2.09. The monoisotopic (exact) mass is 354 g/mol. The van der Waals surface area contributed by atoms with Gasteiger partial charge in [-0.3, -0.25) is 10.1 Å². The van der Waals surface area contributed by atoms with Gasteiger partial charge in [-0.1, -0.05) is 30.3 Å². The van der Waals surface area contributed by atoms with E-state index in [0.717, 1.165) is 27.0 Å². The zero-order valence-corrected chi connectivity index (χ0v) is 15.1. The maximum Gasteiger partial charge on any atom is 0.412 e. The van der Waals surface area contributed by atoms with Gasteiger partial charge in [-0.15, -0.1) is 11.3 Å². The van der Waals surface area contributed by atoms with Gasteiger partial charge in [0.25, 0.3) is 0 Å². The number of aryl methyl sites for hydroxylation is 2. The van der Waals surface area contributed by atoms with Gasteiger partial charge < -0.3 is 4.74 Å². The van der Waals surface area contributed by atoms with Crippen LogP contribution in [-0.2, 0) is 11.3 Å². The highest BCUT2D eigenvalue weighted by Gasteiger charge is 2.20. The molecule has 2 heterocycles. The number of nitrogens with one attached hydrogen (secondary N) is 1.